The molecule has 0 saturated heterocycles. The number of urea groups is 1. The molecule has 0 radical (unpaired) electrons. The van der Waals surface area contributed by atoms with Gasteiger partial charge in [-0.3, -0.25) is 4.79 Å². The smallest absolute Gasteiger partial charge is 0.319 e. The topological polar surface area (TPSA) is 79.5 Å². The molecule has 29 heavy (non-hydrogen) atoms. The molecule has 0 aliphatic carbocycles. The molecule has 0 unspecified atom stereocenters. The van der Waals surface area contributed by atoms with E-state index >= 15 is 0 Å². The Morgan fingerprint density at radius 3 is 2.48 bits per heavy atom. The maximum absolute atomic E-state index is 12.0. The van der Waals surface area contributed by atoms with Crippen LogP contribution in [-0.2, 0) is 11.3 Å². The minimum absolute atomic E-state index is 0.0269. The number of carbonyl (C=O) groups is 2. The van der Waals surface area contributed by atoms with Gasteiger partial charge in [-0.15, -0.1) is 0 Å². The SMILES string of the molecule is Cc1cccc(OCCCCC(=O)NCc2ccc(NC(=O)NC(C)C)cc2)c1. The van der Waals surface area contributed by atoms with Gasteiger partial charge in [0.25, 0.3) is 0 Å². The molecule has 0 atom stereocenters. The molecule has 6 nitrogen and oxygen atoms in total. The lowest BCUT2D eigenvalue weighted by molar-refractivity contribution is -0.121. The second-order valence-corrected chi connectivity index (χ2v) is 7.35. The van der Waals surface area contributed by atoms with Crippen molar-refractivity contribution in [3.63, 3.8) is 0 Å². The molecule has 0 heterocycles. The van der Waals surface area contributed by atoms with Crippen LogP contribution in [0.1, 0.15) is 44.2 Å². The van der Waals surface area contributed by atoms with Crippen molar-refractivity contribution in [2.75, 3.05) is 11.9 Å². The quantitative estimate of drug-likeness (QED) is 0.520. The highest BCUT2D eigenvalue weighted by molar-refractivity contribution is 5.89. The number of rotatable bonds is 10. The molecular formula is C23H31N3O3. The summed E-state index contributed by atoms with van der Waals surface area (Å²) in [4.78, 5) is 23.7. The van der Waals surface area contributed by atoms with Gasteiger partial charge in [0.2, 0.25) is 5.91 Å². The van der Waals surface area contributed by atoms with E-state index in [1.54, 1.807) is 0 Å². The Hall–Kier alpha value is -3.02. The number of carbonyl (C=O) groups excluding carboxylic acids is 2. The number of ether oxygens (including phenoxy) is 1. The van der Waals surface area contributed by atoms with Gasteiger partial charge in [0.15, 0.2) is 0 Å². The summed E-state index contributed by atoms with van der Waals surface area (Å²) in [5.74, 6) is 0.896. The molecule has 0 saturated carbocycles. The molecule has 0 spiro atoms. The van der Waals surface area contributed by atoms with Gasteiger partial charge in [-0.1, -0.05) is 24.3 Å². The number of unbranched alkanes of at least 4 members (excludes halogenated alkanes) is 1. The number of amides is 3. The molecule has 6 heteroatoms. The fourth-order valence-corrected chi connectivity index (χ4v) is 2.71. The first-order valence-electron chi connectivity index (χ1n) is 10.0. The first-order chi connectivity index (χ1) is 13.9. The second kappa shape index (κ2) is 11.7. The number of anilines is 1. The molecule has 2 aromatic rings. The van der Waals surface area contributed by atoms with E-state index in [1.165, 1.54) is 5.56 Å². The van der Waals surface area contributed by atoms with Crippen molar-refractivity contribution < 1.29 is 14.3 Å². The zero-order valence-electron chi connectivity index (χ0n) is 17.5. The molecule has 0 bridgehead atoms. The van der Waals surface area contributed by atoms with Crippen molar-refractivity contribution >= 4 is 17.6 Å². The fourth-order valence-electron chi connectivity index (χ4n) is 2.71. The summed E-state index contributed by atoms with van der Waals surface area (Å²) in [5, 5.41) is 8.46. The molecule has 0 fully saturated rings. The standard InChI is InChI=1S/C23H31N3O3/c1-17(2)25-23(28)26-20-12-10-19(11-13-20)16-24-22(27)9-4-5-14-29-21-8-6-7-18(3)15-21/h6-8,10-13,15,17H,4-5,9,14,16H2,1-3H3,(H,24,27)(H2,25,26,28). The third kappa shape index (κ3) is 9.14. The van der Waals surface area contributed by atoms with Crippen molar-refractivity contribution in [2.45, 2.75) is 52.6 Å². The van der Waals surface area contributed by atoms with Gasteiger partial charge in [0, 0.05) is 24.7 Å². The van der Waals surface area contributed by atoms with Crippen molar-refractivity contribution in [3.8, 4) is 5.75 Å². The average Bonchev–Trinajstić information content (AvgIpc) is 2.66. The lowest BCUT2D eigenvalue weighted by atomic mass is 10.2. The van der Waals surface area contributed by atoms with E-state index < -0.39 is 0 Å². The predicted octanol–water partition coefficient (Wildman–Crippen LogP) is 4.39. The molecular weight excluding hydrogens is 366 g/mol. The third-order valence-corrected chi connectivity index (χ3v) is 4.18. The van der Waals surface area contributed by atoms with Crippen LogP contribution in [0.2, 0.25) is 0 Å². The molecule has 2 aromatic carbocycles. The molecule has 2 rings (SSSR count). The Balaban J connectivity index is 1.60. The molecule has 3 N–H and O–H groups in total. The van der Waals surface area contributed by atoms with E-state index in [1.807, 2.05) is 69.3 Å². The Kier molecular flexibility index (Phi) is 9.02. The first-order valence-corrected chi connectivity index (χ1v) is 10.0. The summed E-state index contributed by atoms with van der Waals surface area (Å²) in [6.07, 6.45) is 2.10. The number of hydrogen-bond acceptors (Lipinski definition) is 3. The normalized spacial score (nSPS) is 10.5. The highest BCUT2D eigenvalue weighted by Crippen LogP contribution is 2.13. The van der Waals surface area contributed by atoms with Crippen LogP contribution in [-0.4, -0.2) is 24.6 Å². The summed E-state index contributed by atoms with van der Waals surface area (Å²) < 4.78 is 5.69. The number of nitrogens with one attached hydrogen (secondary N) is 3. The van der Waals surface area contributed by atoms with Crippen LogP contribution in [0.3, 0.4) is 0 Å². The van der Waals surface area contributed by atoms with Crippen LogP contribution in [0.5, 0.6) is 5.75 Å². The van der Waals surface area contributed by atoms with Gasteiger partial charge >= 0.3 is 6.03 Å². The highest BCUT2D eigenvalue weighted by Gasteiger charge is 2.05. The van der Waals surface area contributed by atoms with Crippen LogP contribution in [0.4, 0.5) is 10.5 Å². The van der Waals surface area contributed by atoms with Crippen molar-refractivity contribution in [1.82, 2.24) is 10.6 Å². The maximum atomic E-state index is 12.0. The van der Waals surface area contributed by atoms with Crippen LogP contribution in [0, 0.1) is 6.92 Å². The minimum atomic E-state index is -0.229. The molecule has 0 aliphatic rings. The Labute approximate surface area is 173 Å². The van der Waals surface area contributed by atoms with E-state index in [9.17, 15) is 9.59 Å². The van der Waals surface area contributed by atoms with Gasteiger partial charge < -0.3 is 20.7 Å². The van der Waals surface area contributed by atoms with E-state index in [-0.39, 0.29) is 18.0 Å². The maximum Gasteiger partial charge on any atom is 0.319 e. The second-order valence-electron chi connectivity index (χ2n) is 7.35. The van der Waals surface area contributed by atoms with Gasteiger partial charge in [-0.25, -0.2) is 4.79 Å². The van der Waals surface area contributed by atoms with E-state index in [2.05, 4.69) is 16.0 Å². The lowest BCUT2D eigenvalue weighted by Gasteiger charge is -2.11. The fraction of sp³-hybridized carbons (Fsp3) is 0.391. The summed E-state index contributed by atoms with van der Waals surface area (Å²) >= 11 is 0. The Morgan fingerprint density at radius 2 is 1.79 bits per heavy atom. The third-order valence-electron chi connectivity index (χ3n) is 4.18. The number of hydrogen-bond donors (Lipinski definition) is 3. The molecule has 3 amide bonds. The van der Waals surface area contributed by atoms with Crippen molar-refractivity contribution in [2.24, 2.45) is 0 Å². The van der Waals surface area contributed by atoms with E-state index in [0.717, 1.165) is 24.2 Å². The van der Waals surface area contributed by atoms with Crippen LogP contribution >= 0.6 is 0 Å². The number of benzene rings is 2. The van der Waals surface area contributed by atoms with Gasteiger partial charge in [0.1, 0.15) is 5.75 Å². The van der Waals surface area contributed by atoms with Crippen LogP contribution in [0.25, 0.3) is 0 Å². The summed E-state index contributed by atoms with van der Waals surface area (Å²) in [6.45, 7) is 6.92. The predicted molar refractivity (Wildman–Crippen MR) is 116 cm³/mol. The number of aryl methyl sites for hydroxylation is 1. The van der Waals surface area contributed by atoms with Gasteiger partial charge in [0.05, 0.1) is 6.61 Å². The van der Waals surface area contributed by atoms with E-state index in [0.29, 0.717) is 25.3 Å². The Bertz CT molecular complexity index is 788. The molecule has 156 valence electrons. The summed E-state index contributed by atoms with van der Waals surface area (Å²) in [5.41, 5.74) is 2.87. The van der Waals surface area contributed by atoms with Crippen LogP contribution in [0.15, 0.2) is 48.5 Å². The summed E-state index contributed by atoms with van der Waals surface area (Å²) in [6, 6.07) is 15.2. The Morgan fingerprint density at radius 1 is 1.03 bits per heavy atom. The summed E-state index contributed by atoms with van der Waals surface area (Å²) in [7, 11) is 0. The zero-order chi connectivity index (χ0) is 21.1. The molecule has 0 aromatic heterocycles. The lowest BCUT2D eigenvalue weighted by Crippen LogP contribution is -2.34. The minimum Gasteiger partial charge on any atom is -0.494 e. The largest absolute Gasteiger partial charge is 0.494 e. The molecule has 0 aliphatic heterocycles. The van der Waals surface area contributed by atoms with Crippen molar-refractivity contribution in [3.05, 3.63) is 59.7 Å². The van der Waals surface area contributed by atoms with Crippen LogP contribution < -0.4 is 20.7 Å². The van der Waals surface area contributed by atoms with Gasteiger partial charge in [-0.05, 0) is 69.0 Å². The van der Waals surface area contributed by atoms with Gasteiger partial charge in [-0.2, -0.15) is 0 Å². The van der Waals surface area contributed by atoms with E-state index in [4.69, 9.17) is 4.74 Å². The van der Waals surface area contributed by atoms with Crippen molar-refractivity contribution in [1.29, 1.82) is 0 Å². The highest BCUT2D eigenvalue weighted by atomic mass is 16.5. The zero-order valence-corrected chi connectivity index (χ0v) is 17.5. The first kappa shape index (κ1) is 22.3. The average molecular weight is 398 g/mol. The monoisotopic (exact) mass is 397 g/mol.